The predicted molar refractivity (Wildman–Crippen MR) is 66.7 cm³/mol. The fourth-order valence-corrected chi connectivity index (χ4v) is 2.77. The van der Waals surface area contributed by atoms with Gasteiger partial charge in [0.15, 0.2) is 20.7 Å². The minimum absolute atomic E-state index is 0.494. The van der Waals surface area contributed by atoms with Crippen LogP contribution in [-0.2, 0) is 20.0 Å². The third-order valence-corrected chi connectivity index (χ3v) is 4.13. The zero-order valence-corrected chi connectivity index (χ0v) is 12.2. The molecule has 0 bridgehead atoms. The lowest BCUT2D eigenvalue weighted by Crippen LogP contribution is -2.12. The van der Waals surface area contributed by atoms with Crippen molar-refractivity contribution in [1.82, 2.24) is 4.98 Å². The molecule has 0 radical (unpaired) electrons. The first-order chi connectivity index (χ1) is 9.51. The third kappa shape index (κ3) is 5.71. The highest BCUT2D eigenvalue weighted by molar-refractivity contribution is 7.91. The van der Waals surface area contributed by atoms with Crippen LogP contribution in [0.4, 0.5) is 13.2 Å². The summed E-state index contributed by atoms with van der Waals surface area (Å²) in [5, 5.41) is -0.601. The lowest BCUT2D eigenvalue weighted by atomic mass is 10.4. The van der Waals surface area contributed by atoms with Crippen molar-refractivity contribution in [2.24, 2.45) is 0 Å². The van der Waals surface area contributed by atoms with Crippen molar-refractivity contribution in [3.63, 3.8) is 0 Å². The molecule has 0 fully saturated rings. The van der Waals surface area contributed by atoms with E-state index in [-0.39, 0.29) is 0 Å². The van der Waals surface area contributed by atoms with Gasteiger partial charge in [-0.15, -0.1) is 0 Å². The maximum Gasteiger partial charge on any atom is 0.307 e. The molecule has 0 unspecified atom stereocenters. The standard InChI is InChI=1S/C10H10F3NO5S2/c1-20(15,16)19-8-3-2-4-9(14-8)21(17,18)6-5-7(11)10(12)13/h2-4H,5-6H2,1H3. The van der Waals surface area contributed by atoms with Crippen molar-refractivity contribution >= 4 is 20.0 Å². The van der Waals surface area contributed by atoms with E-state index >= 15 is 0 Å². The molecule has 118 valence electrons. The van der Waals surface area contributed by atoms with Crippen LogP contribution in [0.3, 0.4) is 0 Å². The SMILES string of the molecule is CS(=O)(=O)Oc1cccc(S(=O)(=O)CCC(F)=C(F)F)n1. The van der Waals surface area contributed by atoms with Crippen LogP contribution in [0.2, 0.25) is 0 Å². The van der Waals surface area contributed by atoms with Gasteiger partial charge in [0, 0.05) is 12.5 Å². The molecule has 11 heteroatoms. The Kier molecular flexibility index (Phi) is 5.34. The Labute approximate surface area is 119 Å². The summed E-state index contributed by atoms with van der Waals surface area (Å²) >= 11 is 0. The Hall–Kier alpha value is -1.62. The highest BCUT2D eigenvalue weighted by Gasteiger charge is 2.20. The molecular formula is C10H10F3NO5S2. The molecule has 21 heavy (non-hydrogen) atoms. The fraction of sp³-hybridized carbons (Fsp3) is 0.300. The number of pyridine rings is 1. The van der Waals surface area contributed by atoms with E-state index in [9.17, 15) is 30.0 Å². The number of nitrogens with zero attached hydrogens (tertiary/aromatic N) is 1. The van der Waals surface area contributed by atoms with Crippen molar-refractivity contribution in [3.8, 4) is 5.88 Å². The van der Waals surface area contributed by atoms with Gasteiger partial charge < -0.3 is 4.18 Å². The molecule has 0 N–H and O–H groups in total. The first-order valence-corrected chi connectivity index (χ1v) is 8.77. The van der Waals surface area contributed by atoms with Gasteiger partial charge in [0.25, 0.3) is 0 Å². The first kappa shape index (κ1) is 17.4. The van der Waals surface area contributed by atoms with E-state index in [1.807, 2.05) is 0 Å². The van der Waals surface area contributed by atoms with Crippen LogP contribution >= 0.6 is 0 Å². The van der Waals surface area contributed by atoms with Gasteiger partial charge in [0.05, 0.1) is 12.0 Å². The zero-order chi connectivity index (χ0) is 16.3. The second-order valence-electron chi connectivity index (χ2n) is 3.84. The lowest BCUT2D eigenvalue weighted by Gasteiger charge is -2.05. The largest absolute Gasteiger partial charge is 0.362 e. The third-order valence-electron chi connectivity index (χ3n) is 2.05. The number of allylic oxidation sites excluding steroid dienone is 1. The summed E-state index contributed by atoms with van der Waals surface area (Å²) in [5.74, 6) is -3.26. The lowest BCUT2D eigenvalue weighted by molar-refractivity contribution is 0.373. The van der Waals surface area contributed by atoms with Crippen molar-refractivity contribution in [3.05, 3.63) is 30.1 Å². The van der Waals surface area contributed by atoms with Gasteiger partial charge in [-0.05, 0) is 6.07 Å². The molecule has 0 spiro atoms. The van der Waals surface area contributed by atoms with Crippen molar-refractivity contribution in [1.29, 1.82) is 0 Å². The Balaban J connectivity index is 2.99. The molecule has 0 aromatic carbocycles. The highest BCUT2D eigenvalue weighted by atomic mass is 32.2. The van der Waals surface area contributed by atoms with Crippen LogP contribution in [0, 0.1) is 0 Å². The first-order valence-electron chi connectivity index (χ1n) is 5.30. The molecule has 0 saturated heterocycles. The molecule has 0 atom stereocenters. The summed E-state index contributed by atoms with van der Waals surface area (Å²) < 4.78 is 86.1. The number of hydrogen-bond donors (Lipinski definition) is 0. The molecule has 0 amide bonds. The average molecular weight is 345 g/mol. The van der Waals surface area contributed by atoms with E-state index in [2.05, 4.69) is 9.17 Å². The summed E-state index contributed by atoms with van der Waals surface area (Å²) in [5.41, 5.74) is 0. The van der Waals surface area contributed by atoms with Gasteiger partial charge in [0.2, 0.25) is 5.88 Å². The maximum atomic E-state index is 12.6. The zero-order valence-electron chi connectivity index (χ0n) is 10.6. The molecule has 0 aliphatic heterocycles. The molecule has 1 rings (SSSR count). The van der Waals surface area contributed by atoms with E-state index in [0.717, 1.165) is 24.5 Å². The molecule has 0 saturated carbocycles. The molecule has 0 aliphatic rings. The second-order valence-corrected chi connectivity index (χ2v) is 7.47. The van der Waals surface area contributed by atoms with Crippen LogP contribution < -0.4 is 4.18 Å². The normalized spacial score (nSPS) is 12.0. The van der Waals surface area contributed by atoms with Gasteiger partial charge in [-0.25, -0.2) is 17.8 Å². The van der Waals surface area contributed by atoms with Crippen LogP contribution in [0.15, 0.2) is 35.1 Å². The van der Waals surface area contributed by atoms with E-state index in [4.69, 9.17) is 0 Å². The Morgan fingerprint density at radius 2 is 1.81 bits per heavy atom. The van der Waals surface area contributed by atoms with E-state index in [0.29, 0.717) is 0 Å². The number of aromatic nitrogens is 1. The van der Waals surface area contributed by atoms with Crippen molar-refractivity contribution in [2.45, 2.75) is 11.4 Å². The van der Waals surface area contributed by atoms with Crippen LogP contribution in [0.5, 0.6) is 5.88 Å². The monoisotopic (exact) mass is 345 g/mol. The number of rotatable bonds is 6. The van der Waals surface area contributed by atoms with Gasteiger partial charge in [-0.2, -0.15) is 17.2 Å². The minimum Gasteiger partial charge on any atom is -0.362 e. The molecule has 1 heterocycles. The number of hydrogen-bond acceptors (Lipinski definition) is 6. The van der Waals surface area contributed by atoms with Gasteiger partial charge in [-0.3, -0.25) is 0 Å². The smallest absolute Gasteiger partial charge is 0.307 e. The molecule has 6 nitrogen and oxygen atoms in total. The second kappa shape index (κ2) is 6.43. The summed E-state index contributed by atoms with van der Waals surface area (Å²) in [7, 11) is -8.06. The summed E-state index contributed by atoms with van der Waals surface area (Å²) in [6.07, 6.45) is -2.86. The number of sulfone groups is 1. The quantitative estimate of drug-likeness (QED) is 0.729. The summed E-state index contributed by atoms with van der Waals surface area (Å²) in [6.45, 7) is 0. The van der Waals surface area contributed by atoms with Crippen LogP contribution in [0.25, 0.3) is 0 Å². The summed E-state index contributed by atoms with van der Waals surface area (Å²) in [4.78, 5) is 3.44. The average Bonchev–Trinajstić information content (AvgIpc) is 2.34. The Bertz CT molecular complexity index is 755. The van der Waals surface area contributed by atoms with Gasteiger partial charge in [-0.1, -0.05) is 6.07 Å². The van der Waals surface area contributed by atoms with E-state index < -0.39 is 54.9 Å². The van der Waals surface area contributed by atoms with E-state index in [1.165, 1.54) is 0 Å². The van der Waals surface area contributed by atoms with Crippen molar-refractivity contribution < 1.29 is 34.2 Å². The van der Waals surface area contributed by atoms with E-state index in [1.54, 1.807) is 0 Å². The van der Waals surface area contributed by atoms with Gasteiger partial charge in [0.1, 0.15) is 0 Å². The molecule has 0 aliphatic carbocycles. The van der Waals surface area contributed by atoms with Crippen molar-refractivity contribution in [2.75, 3.05) is 12.0 Å². The van der Waals surface area contributed by atoms with Gasteiger partial charge >= 0.3 is 16.2 Å². The Morgan fingerprint density at radius 1 is 1.19 bits per heavy atom. The minimum atomic E-state index is -4.16. The molecule has 1 aromatic heterocycles. The molecule has 1 aromatic rings. The van der Waals surface area contributed by atoms with Crippen LogP contribution in [0.1, 0.15) is 6.42 Å². The topological polar surface area (TPSA) is 90.4 Å². The summed E-state index contributed by atoms with van der Waals surface area (Å²) in [6, 6.07) is 3.27. The molecular weight excluding hydrogens is 335 g/mol. The number of halogens is 3. The Morgan fingerprint density at radius 3 is 2.33 bits per heavy atom. The maximum absolute atomic E-state index is 12.6. The van der Waals surface area contributed by atoms with Crippen LogP contribution in [-0.4, -0.2) is 33.8 Å². The highest BCUT2D eigenvalue weighted by Crippen LogP contribution is 2.19. The fourth-order valence-electron chi connectivity index (χ4n) is 1.19. The predicted octanol–water partition coefficient (Wildman–Crippen LogP) is 1.66.